The molecule has 0 aliphatic rings. The van der Waals surface area contributed by atoms with Crippen LogP contribution in [0.2, 0.25) is 0 Å². The number of nitrogens with one attached hydrogen (secondary N) is 1. The summed E-state index contributed by atoms with van der Waals surface area (Å²) in [5.41, 5.74) is 3.19. The maximum atomic E-state index is 7.20. The summed E-state index contributed by atoms with van der Waals surface area (Å²) in [6.07, 6.45) is 1.35. The Morgan fingerprint density at radius 2 is 2.31 bits per heavy atom. The molecule has 0 bridgehead atoms. The van der Waals surface area contributed by atoms with Crippen molar-refractivity contribution in [3.05, 3.63) is 34.9 Å². The zero-order valence-corrected chi connectivity index (χ0v) is 9.10. The third-order valence-electron chi connectivity index (χ3n) is 1.82. The second-order valence-corrected chi connectivity index (χ2v) is 3.30. The van der Waals surface area contributed by atoms with Gasteiger partial charge in [-0.15, -0.1) is 0 Å². The summed E-state index contributed by atoms with van der Waals surface area (Å²) >= 11 is 3.39. The molecule has 0 radical (unpaired) electrons. The minimum absolute atomic E-state index is 0.561. The van der Waals surface area contributed by atoms with E-state index in [1.165, 1.54) is 11.8 Å². The Morgan fingerprint density at radius 1 is 1.54 bits per heavy atom. The average molecular weight is 242 g/mol. The molecule has 0 atom stereocenters. The SMILES string of the molecule is COCc1cc(CBr)ccc1C=N. The summed E-state index contributed by atoms with van der Waals surface area (Å²) in [4.78, 5) is 0. The van der Waals surface area contributed by atoms with Crippen molar-refractivity contribution in [2.24, 2.45) is 0 Å². The normalized spacial score (nSPS) is 10.0. The summed E-state index contributed by atoms with van der Waals surface area (Å²) in [6.45, 7) is 0.561. The molecule has 1 aromatic rings. The van der Waals surface area contributed by atoms with Gasteiger partial charge in [0.25, 0.3) is 0 Å². The predicted molar refractivity (Wildman–Crippen MR) is 57.7 cm³/mol. The van der Waals surface area contributed by atoms with Crippen LogP contribution >= 0.6 is 15.9 Å². The van der Waals surface area contributed by atoms with Gasteiger partial charge in [0.05, 0.1) is 6.61 Å². The van der Waals surface area contributed by atoms with Crippen molar-refractivity contribution in [1.82, 2.24) is 0 Å². The van der Waals surface area contributed by atoms with E-state index in [4.69, 9.17) is 10.1 Å². The first-order chi connectivity index (χ1) is 6.31. The van der Waals surface area contributed by atoms with Crippen molar-refractivity contribution in [3.8, 4) is 0 Å². The lowest BCUT2D eigenvalue weighted by atomic mass is 10.1. The van der Waals surface area contributed by atoms with E-state index in [-0.39, 0.29) is 0 Å². The molecule has 1 N–H and O–H groups in total. The maximum absolute atomic E-state index is 7.20. The van der Waals surface area contributed by atoms with Gasteiger partial charge >= 0.3 is 0 Å². The first kappa shape index (κ1) is 10.4. The van der Waals surface area contributed by atoms with E-state index in [9.17, 15) is 0 Å². The van der Waals surface area contributed by atoms with Crippen molar-refractivity contribution in [2.75, 3.05) is 7.11 Å². The van der Waals surface area contributed by atoms with Gasteiger partial charge in [-0.2, -0.15) is 0 Å². The lowest BCUT2D eigenvalue weighted by Gasteiger charge is -2.05. The van der Waals surface area contributed by atoms with Crippen LogP contribution in [-0.4, -0.2) is 13.3 Å². The Morgan fingerprint density at radius 3 is 2.85 bits per heavy atom. The summed E-state index contributed by atoms with van der Waals surface area (Å²) < 4.78 is 5.05. The Kier molecular flexibility index (Phi) is 4.12. The molecule has 1 aromatic carbocycles. The fraction of sp³-hybridized carbons (Fsp3) is 0.300. The van der Waals surface area contributed by atoms with Crippen LogP contribution in [0.4, 0.5) is 0 Å². The smallest absolute Gasteiger partial charge is 0.0719 e. The minimum atomic E-state index is 0.561. The van der Waals surface area contributed by atoms with E-state index in [1.807, 2.05) is 12.1 Å². The molecule has 13 heavy (non-hydrogen) atoms. The van der Waals surface area contributed by atoms with Crippen LogP contribution in [0.15, 0.2) is 18.2 Å². The minimum Gasteiger partial charge on any atom is -0.380 e. The highest BCUT2D eigenvalue weighted by Gasteiger charge is 2.00. The number of rotatable bonds is 4. The molecular weight excluding hydrogens is 230 g/mol. The van der Waals surface area contributed by atoms with Crippen LogP contribution in [0.3, 0.4) is 0 Å². The molecule has 0 heterocycles. The Balaban J connectivity index is 3.02. The van der Waals surface area contributed by atoms with Gasteiger partial charge in [0.1, 0.15) is 0 Å². The number of ether oxygens (including phenoxy) is 1. The zero-order valence-electron chi connectivity index (χ0n) is 7.51. The number of halogens is 1. The largest absolute Gasteiger partial charge is 0.380 e. The van der Waals surface area contributed by atoms with Crippen LogP contribution in [0.25, 0.3) is 0 Å². The first-order valence-corrected chi connectivity index (χ1v) is 5.11. The van der Waals surface area contributed by atoms with Crippen LogP contribution in [-0.2, 0) is 16.7 Å². The Bertz CT molecular complexity index is 299. The van der Waals surface area contributed by atoms with Gasteiger partial charge in [-0.1, -0.05) is 34.1 Å². The molecule has 0 fully saturated rings. The van der Waals surface area contributed by atoms with Gasteiger partial charge in [-0.05, 0) is 16.7 Å². The van der Waals surface area contributed by atoms with Crippen molar-refractivity contribution in [3.63, 3.8) is 0 Å². The number of alkyl halides is 1. The molecule has 0 aliphatic carbocycles. The van der Waals surface area contributed by atoms with Gasteiger partial charge in [0, 0.05) is 18.7 Å². The molecule has 0 amide bonds. The summed E-state index contributed by atoms with van der Waals surface area (Å²) in [7, 11) is 1.66. The first-order valence-electron chi connectivity index (χ1n) is 3.99. The molecule has 0 unspecified atom stereocenters. The van der Waals surface area contributed by atoms with E-state index in [0.29, 0.717) is 6.61 Å². The van der Waals surface area contributed by atoms with Crippen LogP contribution in [0.5, 0.6) is 0 Å². The van der Waals surface area contributed by atoms with Gasteiger partial charge in [0.15, 0.2) is 0 Å². The van der Waals surface area contributed by atoms with E-state index in [2.05, 4.69) is 22.0 Å². The van der Waals surface area contributed by atoms with Crippen molar-refractivity contribution in [2.45, 2.75) is 11.9 Å². The fourth-order valence-corrected chi connectivity index (χ4v) is 1.51. The topological polar surface area (TPSA) is 33.1 Å². The highest BCUT2D eigenvalue weighted by molar-refractivity contribution is 9.08. The molecular formula is C10H12BrNO. The molecule has 0 aliphatic heterocycles. The van der Waals surface area contributed by atoms with E-state index >= 15 is 0 Å². The Hall–Kier alpha value is -0.670. The highest BCUT2D eigenvalue weighted by atomic mass is 79.9. The van der Waals surface area contributed by atoms with Crippen LogP contribution < -0.4 is 0 Å². The quantitative estimate of drug-likeness (QED) is 0.639. The van der Waals surface area contributed by atoms with Gasteiger partial charge in [0.2, 0.25) is 0 Å². The zero-order chi connectivity index (χ0) is 9.68. The average Bonchev–Trinajstić information content (AvgIpc) is 2.18. The van der Waals surface area contributed by atoms with Crippen LogP contribution in [0, 0.1) is 5.41 Å². The molecule has 0 saturated heterocycles. The maximum Gasteiger partial charge on any atom is 0.0719 e. The lowest BCUT2D eigenvalue weighted by Crippen LogP contribution is -1.95. The molecule has 0 spiro atoms. The number of hydrogen-bond donors (Lipinski definition) is 1. The second-order valence-electron chi connectivity index (χ2n) is 2.74. The summed E-state index contributed by atoms with van der Waals surface area (Å²) in [5.74, 6) is 0. The standard InChI is InChI=1S/C10H12BrNO/c1-13-7-10-4-8(5-11)2-3-9(10)6-12/h2-4,6,12H,5,7H2,1H3. The fourth-order valence-electron chi connectivity index (χ4n) is 1.16. The number of methoxy groups -OCH3 is 1. The highest BCUT2D eigenvalue weighted by Crippen LogP contribution is 2.13. The molecule has 70 valence electrons. The van der Waals surface area contributed by atoms with Crippen LogP contribution in [0.1, 0.15) is 16.7 Å². The second kappa shape index (κ2) is 5.14. The number of benzene rings is 1. The predicted octanol–water partition coefficient (Wildman–Crippen LogP) is 2.73. The Labute approximate surface area is 86.6 Å². The van der Waals surface area contributed by atoms with Gasteiger partial charge < -0.3 is 10.1 Å². The number of hydrogen-bond acceptors (Lipinski definition) is 2. The molecule has 0 aromatic heterocycles. The summed E-state index contributed by atoms with van der Waals surface area (Å²) in [5, 5.41) is 8.03. The van der Waals surface area contributed by atoms with Gasteiger partial charge in [-0.25, -0.2) is 0 Å². The molecule has 0 saturated carbocycles. The summed E-state index contributed by atoms with van der Waals surface area (Å²) in [6, 6.07) is 6.00. The van der Waals surface area contributed by atoms with Crippen molar-refractivity contribution in [1.29, 1.82) is 5.41 Å². The van der Waals surface area contributed by atoms with E-state index < -0.39 is 0 Å². The third-order valence-corrected chi connectivity index (χ3v) is 2.46. The molecule has 3 heteroatoms. The monoisotopic (exact) mass is 241 g/mol. The lowest BCUT2D eigenvalue weighted by molar-refractivity contribution is 0.185. The third kappa shape index (κ3) is 2.64. The van der Waals surface area contributed by atoms with Crippen molar-refractivity contribution < 1.29 is 4.74 Å². The van der Waals surface area contributed by atoms with Gasteiger partial charge in [-0.3, -0.25) is 0 Å². The van der Waals surface area contributed by atoms with E-state index in [1.54, 1.807) is 7.11 Å². The van der Waals surface area contributed by atoms with E-state index in [0.717, 1.165) is 16.5 Å². The molecule has 2 nitrogen and oxygen atoms in total. The molecule has 1 rings (SSSR count). The van der Waals surface area contributed by atoms with Crippen molar-refractivity contribution >= 4 is 22.1 Å².